The van der Waals surface area contributed by atoms with Gasteiger partial charge >= 0.3 is 0 Å². The van der Waals surface area contributed by atoms with E-state index in [-0.39, 0.29) is 6.10 Å². The topological polar surface area (TPSA) is 36.9 Å². The minimum absolute atomic E-state index is 0.314. The number of hydrogen-bond donors (Lipinski definition) is 0. The zero-order valence-electron chi connectivity index (χ0n) is 18.3. The van der Waals surface area contributed by atoms with Crippen molar-refractivity contribution in [2.45, 2.75) is 6.10 Å². The number of hydrogen-bond acceptors (Lipinski definition) is 4. The van der Waals surface area contributed by atoms with Crippen LogP contribution in [-0.2, 0) is 0 Å². The summed E-state index contributed by atoms with van der Waals surface area (Å²) in [6.07, 6.45) is 1.85. The molecule has 4 heteroatoms. The van der Waals surface area contributed by atoms with Crippen LogP contribution in [-0.4, -0.2) is 21.3 Å². The zero-order chi connectivity index (χ0) is 22.1. The first-order valence-electron chi connectivity index (χ1n) is 10.5. The maximum Gasteiger partial charge on any atom is 0.146 e. The summed E-state index contributed by atoms with van der Waals surface area (Å²) in [5.41, 5.74) is 4.19. The average molecular weight is 424 g/mol. The third kappa shape index (κ3) is 3.44. The van der Waals surface area contributed by atoms with Gasteiger partial charge in [-0.05, 0) is 58.3 Å². The molecule has 0 N–H and O–H groups in total. The van der Waals surface area contributed by atoms with Crippen LogP contribution in [0.1, 0.15) is 22.8 Å². The molecular formula is C28H24O4. The van der Waals surface area contributed by atoms with E-state index in [1.165, 1.54) is 5.39 Å². The molecule has 32 heavy (non-hydrogen) atoms. The molecule has 1 heterocycles. The molecule has 0 aromatic heterocycles. The number of methoxy groups -OCH3 is 3. The maximum absolute atomic E-state index is 6.52. The van der Waals surface area contributed by atoms with Gasteiger partial charge in [-0.25, -0.2) is 0 Å². The third-order valence-corrected chi connectivity index (χ3v) is 5.86. The fraction of sp³-hybridized carbons (Fsp3) is 0.143. The molecule has 0 saturated heterocycles. The highest BCUT2D eigenvalue weighted by molar-refractivity contribution is 6.01. The van der Waals surface area contributed by atoms with Crippen molar-refractivity contribution in [3.8, 4) is 23.0 Å². The van der Waals surface area contributed by atoms with Gasteiger partial charge in [-0.2, -0.15) is 0 Å². The van der Waals surface area contributed by atoms with Crippen LogP contribution < -0.4 is 18.9 Å². The molecule has 0 radical (unpaired) electrons. The van der Waals surface area contributed by atoms with E-state index in [9.17, 15) is 0 Å². The lowest BCUT2D eigenvalue weighted by molar-refractivity contribution is 0.244. The molecule has 0 amide bonds. The first-order chi connectivity index (χ1) is 15.7. The molecule has 1 aliphatic rings. The smallest absolute Gasteiger partial charge is 0.146 e. The Morgan fingerprint density at radius 2 is 1.53 bits per heavy atom. The molecule has 5 rings (SSSR count). The molecule has 1 aliphatic heterocycles. The quantitative estimate of drug-likeness (QED) is 0.370. The second-order valence-electron chi connectivity index (χ2n) is 7.62. The fourth-order valence-electron chi connectivity index (χ4n) is 4.27. The molecule has 1 unspecified atom stereocenters. The molecule has 0 bridgehead atoms. The summed E-state index contributed by atoms with van der Waals surface area (Å²) in [6, 6.07) is 26.5. The van der Waals surface area contributed by atoms with Crippen molar-refractivity contribution < 1.29 is 18.9 Å². The SMILES string of the molecule is COc1cccc(C2=CC(c3ccc(OC)cc3OC)Oc3ccc4ccccc4c32)c1. The number of ether oxygens (including phenoxy) is 4. The molecule has 0 saturated carbocycles. The second kappa shape index (κ2) is 8.31. The fourth-order valence-corrected chi connectivity index (χ4v) is 4.27. The maximum atomic E-state index is 6.52. The Hall–Kier alpha value is -3.92. The van der Waals surface area contributed by atoms with Crippen LogP contribution >= 0.6 is 0 Å². The predicted molar refractivity (Wildman–Crippen MR) is 127 cm³/mol. The second-order valence-corrected chi connectivity index (χ2v) is 7.62. The van der Waals surface area contributed by atoms with E-state index in [4.69, 9.17) is 18.9 Å². The van der Waals surface area contributed by atoms with E-state index in [1.807, 2.05) is 36.4 Å². The molecular weight excluding hydrogens is 400 g/mol. The van der Waals surface area contributed by atoms with E-state index in [0.29, 0.717) is 0 Å². The molecule has 0 aliphatic carbocycles. The Labute approximate surface area is 187 Å². The van der Waals surface area contributed by atoms with Crippen LogP contribution in [0, 0.1) is 0 Å². The van der Waals surface area contributed by atoms with Crippen LogP contribution in [0.15, 0.2) is 84.9 Å². The predicted octanol–water partition coefficient (Wildman–Crippen LogP) is 6.43. The van der Waals surface area contributed by atoms with Gasteiger partial charge in [0.1, 0.15) is 29.1 Å². The van der Waals surface area contributed by atoms with Gasteiger partial charge in [0.25, 0.3) is 0 Å². The lowest BCUT2D eigenvalue weighted by Gasteiger charge is -2.28. The molecule has 0 fully saturated rings. The van der Waals surface area contributed by atoms with Crippen LogP contribution in [0.2, 0.25) is 0 Å². The van der Waals surface area contributed by atoms with Gasteiger partial charge < -0.3 is 18.9 Å². The minimum atomic E-state index is -0.314. The van der Waals surface area contributed by atoms with Crippen LogP contribution in [0.5, 0.6) is 23.0 Å². The molecule has 4 aromatic rings. The number of fused-ring (bicyclic) bond motifs is 3. The largest absolute Gasteiger partial charge is 0.497 e. The van der Waals surface area contributed by atoms with Crippen LogP contribution in [0.25, 0.3) is 16.3 Å². The van der Waals surface area contributed by atoms with Crippen molar-refractivity contribution in [2.24, 2.45) is 0 Å². The summed E-state index contributed by atoms with van der Waals surface area (Å²) in [5, 5.41) is 2.32. The van der Waals surface area contributed by atoms with Crippen LogP contribution in [0.3, 0.4) is 0 Å². The van der Waals surface area contributed by atoms with Crippen molar-refractivity contribution in [1.82, 2.24) is 0 Å². The molecule has 4 aromatic carbocycles. The van der Waals surface area contributed by atoms with E-state index in [1.54, 1.807) is 21.3 Å². The Bertz CT molecular complexity index is 1320. The van der Waals surface area contributed by atoms with Gasteiger partial charge in [-0.1, -0.05) is 42.5 Å². The first kappa shape index (κ1) is 20.0. The summed E-state index contributed by atoms with van der Waals surface area (Å²) < 4.78 is 23.1. The first-order valence-corrected chi connectivity index (χ1v) is 10.5. The molecule has 4 nitrogen and oxygen atoms in total. The van der Waals surface area contributed by atoms with Crippen molar-refractivity contribution in [2.75, 3.05) is 21.3 Å². The molecule has 0 spiro atoms. The molecule has 160 valence electrons. The highest BCUT2D eigenvalue weighted by Gasteiger charge is 2.27. The number of benzene rings is 4. The summed E-state index contributed by atoms with van der Waals surface area (Å²) in [4.78, 5) is 0. The third-order valence-electron chi connectivity index (χ3n) is 5.86. The Morgan fingerprint density at radius 1 is 0.719 bits per heavy atom. The van der Waals surface area contributed by atoms with Gasteiger partial charge in [-0.15, -0.1) is 0 Å². The Morgan fingerprint density at radius 3 is 2.34 bits per heavy atom. The summed E-state index contributed by atoms with van der Waals surface area (Å²) in [7, 11) is 4.99. The van der Waals surface area contributed by atoms with Gasteiger partial charge in [-0.3, -0.25) is 0 Å². The highest BCUT2D eigenvalue weighted by atomic mass is 16.5. The minimum Gasteiger partial charge on any atom is -0.497 e. The summed E-state index contributed by atoms with van der Waals surface area (Å²) in [6.45, 7) is 0. The van der Waals surface area contributed by atoms with Crippen LogP contribution in [0.4, 0.5) is 0 Å². The average Bonchev–Trinajstić information content (AvgIpc) is 2.87. The Kier molecular flexibility index (Phi) is 5.20. The van der Waals surface area contributed by atoms with Crippen molar-refractivity contribution >= 4 is 16.3 Å². The monoisotopic (exact) mass is 424 g/mol. The normalized spacial score (nSPS) is 14.8. The zero-order valence-corrected chi connectivity index (χ0v) is 18.3. The summed E-state index contributed by atoms with van der Waals surface area (Å²) >= 11 is 0. The summed E-state index contributed by atoms with van der Waals surface area (Å²) in [5.74, 6) is 3.12. The van der Waals surface area contributed by atoms with E-state index in [2.05, 4.69) is 48.5 Å². The van der Waals surface area contributed by atoms with Crippen molar-refractivity contribution in [3.63, 3.8) is 0 Å². The lowest BCUT2D eigenvalue weighted by Crippen LogP contribution is -2.13. The van der Waals surface area contributed by atoms with E-state index < -0.39 is 0 Å². The van der Waals surface area contributed by atoms with Gasteiger partial charge in [0.05, 0.1) is 21.3 Å². The van der Waals surface area contributed by atoms with Crippen molar-refractivity contribution in [3.05, 3.63) is 102 Å². The van der Waals surface area contributed by atoms with E-state index >= 15 is 0 Å². The van der Waals surface area contributed by atoms with Gasteiger partial charge in [0.15, 0.2) is 0 Å². The lowest BCUT2D eigenvalue weighted by atomic mass is 9.88. The van der Waals surface area contributed by atoms with Gasteiger partial charge in [0.2, 0.25) is 0 Å². The Balaban J connectivity index is 1.73. The number of rotatable bonds is 5. The van der Waals surface area contributed by atoms with E-state index in [0.717, 1.165) is 50.6 Å². The molecule has 1 atom stereocenters. The standard InChI is InChI=1S/C28H24O4/c1-29-20-9-6-8-19(15-20)24-17-27(23-13-12-21(30-2)16-26(23)31-3)32-25-14-11-18-7-4-5-10-22(18)28(24)25/h4-17,27H,1-3H3. The van der Waals surface area contributed by atoms with Gasteiger partial charge in [0, 0.05) is 17.2 Å². The van der Waals surface area contributed by atoms with Crippen molar-refractivity contribution in [1.29, 1.82) is 0 Å². The highest BCUT2D eigenvalue weighted by Crippen LogP contribution is 2.46.